The molecule has 72 valence electrons. The first kappa shape index (κ1) is 10.7. The summed E-state index contributed by atoms with van der Waals surface area (Å²) in [5, 5.41) is 0. The summed E-state index contributed by atoms with van der Waals surface area (Å²) in [7, 11) is 2.02. The van der Waals surface area contributed by atoms with Crippen LogP contribution in [0.3, 0.4) is 0 Å². The molecular weight excluding hydrogens is 216 g/mol. The lowest BCUT2D eigenvalue weighted by atomic mass is 10.3. The molecule has 1 rings (SSSR count). The lowest BCUT2D eigenvalue weighted by molar-refractivity contribution is 0.588. The smallest absolute Gasteiger partial charge is 0.212 e. The summed E-state index contributed by atoms with van der Waals surface area (Å²) < 4.78 is 21.6. The maximum atomic E-state index is 11.1. The fourth-order valence-corrected chi connectivity index (χ4v) is 3.74. The highest BCUT2D eigenvalue weighted by molar-refractivity contribution is 8.15. The van der Waals surface area contributed by atoms with Crippen LogP contribution in [0.15, 0.2) is 0 Å². The van der Waals surface area contributed by atoms with Crippen molar-refractivity contribution in [3.63, 3.8) is 0 Å². The zero-order valence-electron chi connectivity index (χ0n) is 7.05. The largest absolute Gasteiger partial charge is 0.238 e. The van der Waals surface area contributed by atoms with Crippen molar-refractivity contribution in [1.29, 1.82) is 0 Å². The molecule has 1 saturated carbocycles. The molecule has 0 amide bonds. The van der Waals surface area contributed by atoms with Crippen LogP contribution in [-0.4, -0.2) is 24.7 Å². The van der Waals surface area contributed by atoms with E-state index in [1.807, 2.05) is 0 Å². The van der Waals surface area contributed by atoms with Crippen LogP contribution in [0.4, 0.5) is 0 Å². The van der Waals surface area contributed by atoms with E-state index >= 15 is 0 Å². The normalized spacial score (nSPS) is 20.8. The summed E-state index contributed by atoms with van der Waals surface area (Å²) >= 11 is 1.77. The van der Waals surface area contributed by atoms with E-state index in [4.69, 9.17) is 10.7 Å². The predicted molar refractivity (Wildman–Crippen MR) is 54.4 cm³/mol. The van der Waals surface area contributed by atoms with E-state index < -0.39 is 13.8 Å². The fourth-order valence-electron chi connectivity index (χ4n) is 1.16. The van der Waals surface area contributed by atoms with Gasteiger partial charge in [-0.05, 0) is 30.8 Å². The summed E-state index contributed by atoms with van der Waals surface area (Å²) in [6.07, 6.45) is 2.23. The van der Waals surface area contributed by atoms with E-state index in [0.717, 1.165) is 30.8 Å². The van der Waals surface area contributed by atoms with Gasteiger partial charge in [0, 0.05) is 10.7 Å². The molecule has 0 unspecified atom stereocenters. The van der Waals surface area contributed by atoms with Crippen LogP contribution in [0, 0.1) is 0 Å². The molecule has 5 heteroatoms. The number of hydrogen-bond donors (Lipinski definition) is 0. The molecule has 1 aliphatic carbocycles. The summed E-state index contributed by atoms with van der Waals surface area (Å²) in [4.78, 5) is 0. The SMILES string of the molecule is CCSCCC1(S(=O)(=O)Cl)CC1. The Labute approximate surface area is 82.5 Å². The van der Waals surface area contributed by atoms with Crippen molar-refractivity contribution in [3.8, 4) is 0 Å². The van der Waals surface area contributed by atoms with Crippen LogP contribution in [0.1, 0.15) is 26.2 Å². The van der Waals surface area contributed by atoms with E-state index in [2.05, 4.69) is 6.92 Å². The minimum absolute atomic E-state index is 0.545. The first-order valence-corrected chi connectivity index (χ1v) is 7.50. The highest BCUT2D eigenvalue weighted by Crippen LogP contribution is 2.48. The van der Waals surface area contributed by atoms with Crippen LogP contribution in [0.2, 0.25) is 0 Å². The van der Waals surface area contributed by atoms with Gasteiger partial charge in [0.2, 0.25) is 9.05 Å². The van der Waals surface area contributed by atoms with Gasteiger partial charge in [-0.25, -0.2) is 8.42 Å². The second-order valence-electron chi connectivity index (χ2n) is 3.07. The van der Waals surface area contributed by atoms with E-state index in [1.165, 1.54) is 0 Å². The van der Waals surface area contributed by atoms with Crippen LogP contribution in [0.25, 0.3) is 0 Å². The van der Waals surface area contributed by atoms with Gasteiger partial charge in [-0.1, -0.05) is 6.92 Å². The molecule has 0 aromatic heterocycles. The predicted octanol–water partition coefficient (Wildman–Crippen LogP) is 2.23. The Hall–Kier alpha value is 0.590. The minimum Gasteiger partial charge on any atom is -0.212 e. The molecule has 0 saturated heterocycles. The summed E-state index contributed by atoms with van der Waals surface area (Å²) in [5.41, 5.74) is 0. The Morgan fingerprint density at radius 1 is 1.50 bits per heavy atom. The Kier molecular flexibility index (Phi) is 3.34. The Balaban J connectivity index is 2.41. The molecule has 0 aromatic carbocycles. The van der Waals surface area contributed by atoms with E-state index in [1.54, 1.807) is 11.8 Å². The first-order valence-electron chi connectivity index (χ1n) is 4.04. The van der Waals surface area contributed by atoms with E-state index in [9.17, 15) is 8.42 Å². The second-order valence-corrected chi connectivity index (χ2v) is 7.42. The third-order valence-corrected chi connectivity index (χ3v) is 5.76. The molecule has 0 N–H and O–H groups in total. The Morgan fingerprint density at radius 3 is 2.42 bits per heavy atom. The Bertz CT molecular complexity index is 244. The lowest BCUT2D eigenvalue weighted by Crippen LogP contribution is -2.18. The molecule has 0 bridgehead atoms. The number of hydrogen-bond acceptors (Lipinski definition) is 3. The molecular formula is C7H13ClO2S2. The van der Waals surface area contributed by atoms with Gasteiger partial charge < -0.3 is 0 Å². The highest BCUT2D eigenvalue weighted by Gasteiger charge is 2.52. The third-order valence-electron chi connectivity index (χ3n) is 2.23. The number of rotatable bonds is 5. The maximum Gasteiger partial charge on any atom is 0.238 e. The van der Waals surface area contributed by atoms with Crippen LogP contribution in [0.5, 0.6) is 0 Å². The first-order chi connectivity index (χ1) is 5.52. The summed E-state index contributed by atoms with van der Waals surface area (Å²) in [6, 6.07) is 0. The molecule has 0 aliphatic heterocycles. The topological polar surface area (TPSA) is 34.1 Å². The van der Waals surface area contributed by atoms with Gasteiger partial charge in [0.25, 0.3) is 0 Å². The van der Waals surface area contributed by atoms with Crippen molar-refractivity contribution in [2.45, 2.75) is 30.9 Å². The standard InChI is InChI=1S/C7H13ClO2S2/c1-2-11-6-5-7(3-4-7)12(8,9)10/h2-6H2,1H3. The molecule has 0 aromatic rings. The molecule has 1 aliphatic rings. The van der Waals surface area contributed by atoms with Crippen molar-refractivity contribution in [3.05, 3.63) is 0 Å². The van der Waals surface area contributed by atoms with Crippen LogP contribution in [-0.2, 0) is 9.05 Å². The molecule has 0 atom stereocenters. The van der Waals surface area contributed by atoms with Crippen molar-refractivity contribution in [1.82, 2.24) is 0 Å². The molecule has 1 fully saturated rings. The summed E-state index contributed by atoms with van der Waals surface area (Å²) in [5.74, 6) is 1.95. The number of halogens is 1. The number of thioether (sulfide) groups is 1. The van der Waals surface area contributed by atoms with Crippen molar-refractivity contribution >= 4 is 31.5 Å². The molecule has 0 radical (unpaired) electrons. The lowest BCUT2D eigenvalue weighted by Gasteiger charge is -2.09. The fraction of sp³-hybridized carbons (Fsp3) is 1.00. The highest BCUT2D eigenvalue weighted by atomic mass is 35.7. The van der Waals surface area contributed by atoms with E-state index in [-0.39, 0.29) is 0 Å². The monoisotopic (exact) mass is 228 g/mol. The van der Waals surface area contributed by atoms with Crippen molar-refractivity contribution in [2.75, 3.05) is 11.5 Å². The minimum atomic E-state index is -3.31. The van der Waals surface area contributed by atoms with Crippen LogP contribution < -0.4 is 0 Å². The summed E-state index contributed by atoms with van der Waals surface area (Å²) in [6.45, 7) is 2.07. The van der Waals surface area contributed by atoms with Crippen LogP contribution >= 0.6 is 22.4 Å². The average molecular weight is 229 g/mol. The van der Waals surface area contributed by atoms with Gasteiger partial charge >= 0.3 is 0 Å². The van der Waals surface area contributed by atoms with Crippen molar-refractivity contribution < 1.29 is 8.42 Å². The Morgan fingerprint density at radius 2 is 2.08 bits per heavy atom. The zero-order chi connectivity index (χ0) is 9.24. The molecule has 0 heterocycles. The van der Waals surface area contributed by atoms with Gasteiger partial charge in [-0.15, -0.1) is 0 Å². The zero-order valence-corrected chi connectivity index (χ0v) is 9.44. The third kappa shape index (κ3) is 2.30. The van der Waals surface area contributed by atoms with Gasteiger partial charge in [0.05, 0.1) is 4.75 Å². The van der Waals surface area contributed by atoms with Gasteiger partial charge in [0.1, 0.15) is 0 Å². The maximum absolute atomic E-state index is 11.1. The van der Waals surface area contributed by atoms with Gasteiger partial charge in [0.15, 0.2) is 0 Å². The van der Waals surface area contributed by atoms with Gasteiger partial charge in [-0.2, -0.15) is 11.8 Å². The second kappa shape index (κ2) is 3.76. The molecule has 0 spiro atoms. The molecule has 12 heavy (non-hydrogen) atoms. The van der Waals surface area contributed by atoms with E-state index in [0.29, 0.717) is 0 Å². The average Bonchev–Trinajstić information content (AvgIpc) is 2.67. The van der Waals surface area contributed by atoms with Crippen molar-refractivity contribution in [2.24, 2.45) is 0 Å². The molecule has 2 nitrogen and oxygen atoms in total. The quantitative estimate of drug-likeness (QED) is 0.535. The van der Waals surface area contributed by atoms with Gasteiger partial charge in [-0.3, -0.25) is 0 Å².